The summed E-state index contributed by atoms with van der Waals surface area (Å²) in [5.74, 6) is -3.55. The third-order valence-electron chi connectivity index (χ3n) is 6.24. The zero-order valence-corrected chi connectivity index (χ0v) is 20.1. The summed E-state index contributed by atoms with van der Waals surface area (Å²) in [5, 5.41) is 5.74. The van der Waals surface area contributed by atoms with Crippen molar-refractivity contribution < 1.29 is 22.7 Å². The van der Waals surface area contributed by atoms with Crippen LogP contribution in [0.5, 0.6) is 5.75 Å². The molecule has 2 saturated heterocycles. The number of anilines is 2. The van der Waals surface area contributed by atoms with E-state index in [9.17, 15) is 13.6 Å². The summed E-state index contributed by atoms with van der Waals surface area (Å²) in [6.45, 7) is 3.21. The standard InChI is InChI=1S/C25H26ClF3N4O2/c1-3-4-16(22(28)24(30)21-20(35-2)8-6-17(26)23(21)29)25(34)32-18-9-13(27)5-7-19(18)33-12-14-10-15(33)11-31-14/h4-9,14-15,31H,3,10-12,30H2,1-2H3,(H,32,34)/b16-4+,24-22+. The molecule has 4 N–H and O–H groups in total. The van der Waals surface area contributed by atoms with E-state index in [1.807, 2.05) is 0 Å². The summed E-state index contributed by atoms with van der Waals surface area (Å²) >= 11 is 5.85. The minimum atomic E-state index is -1.15. The molecule has 0 aromatic heterocycles. The van der Waals surface area contributed by atoms with Crippen LogP contribution in [0.25, 0.3) is 5.70 Å². The maximum atomic E-state index is 15.6. The molecule has 2 unspecified atom stereocenters. The van der Waals surface area contributed by atoms with Crippen molar-refractivity contribution in [2.45, 2.75) is 31.8 Å². The Labute approximate surface area is 206 Å². The molecular formula is C25H26ClF3N4O2. The van der Waals surface area contributed by atoms with Crippen LogP contribution in [0.2, 0.25) is 5.02 Å². The van der Waals surface area contributed by atoms with Crippen LogP contribution < -0.4 is 26.0 Å². The van der Waals surface area contributed by atoms with Crippen LogP contribution in [0.1, 0.15) is 25.3 Å². The molecule has 0 radical (unpaired) electrons. The van der Waals surface area contributed by atoms with E-state index in [1.165, 1.54) is 37.5 Å². The van der Waals surface area contributed by atoms with Gasteiger partial charge in [0, 0.05) is 25.2 Å². The highest BCUT2D eigenvalue weighted by Gasteiger charge is 2.38. The number of piperazine rings is 1. The molecule has 0 saturated carbocycles. The monoisotopic (exact) mass is 506 g/mol. The van der Waals surface area contributed by atoms with Gasteiger partial charge in [0.15, 0.2) is 11.6 Å². The Bertz CT molecular complexity index is 1220. The smallest absolute Gasteiger partial charge is 0.258 e. The van der Waals surface area contributed by atoms with E-state index in [4.69, 9.17) is 22.1 Å². The molecular weight excluding hydrogens is 481 g/mol. The van der Waals surface area contributed by atoms with Crippen LogP contribution in [0.4, 0.5) is 24.5 Å². The van der Waals surface area contributed by atoms with Crippen LogP contribution in [0, 0.1) is 11.6 Å². The van der Waals surface area contributed by atoms with Gasteiger partial charge >= 0.3 is 0 Å². The molecule has 2 aliphatic heterocycles. The van der Waals surface area contributed by atoms with Gasteiger partial charge in [-0.3, -0.25) is 4.79 Å². The Morgan fingerprint density at radius 3 is 2.74 bits per heavy atom. The molecule has 35 heavy (non-hydrogen) atoms. The van der Waals surface area contributed by atoms with Gasteiger partial charge in [0.2, 0.25) is 0 Å². The number of methoxy groups -OCH3 is 1. The normalized spacial score (nSPS) is 20.2. The first-order valence-corrected chi connectivity index (χ1v) is 11.6. The number of carbonyl (C=O) groups excluding carboxylic acids is 1. The third kappa shape index (κ3) is 4.83. The maximum absolute atomic E-state index is 15.6. The summed E-state index contributed by atoms with van der Waals surface area (Å²) in [6.07, 6.45) is 2.57. The second-order valence-corrected chi connectivity index (χ2v) is 8.86. The Kier molecular flexibility index (Phi) is 7.28. The molecule has 10 heteroatoms. The van der Waals surface area contributed by atoms with Gasteiger partial charge in [0.25, 0.3) is 5.91 Å². The Hall–Kier alpha value is -3.17. The number of allylic oxidation sites excluding steroid dienone is 1. The van der Waals surface area contributed by atoms with Crippen molar-refractivity contribution in [3.05, 3.63) is 70.0 Å². The predicted molar refractivity (Wildman–Crippen MR) is 131 cm³/mol. The lowest BCUT2D eigenvalue weighted by Gasteiger charge is -2.31. The fraction of sp³-hybridized carbons (Fsp3) is 0.320. The van der Waals surface area contributed by atoms with E-state index in [-0.39, 0.29) is 34.5 Å². The first-order valence-electron chi connectivity index (χ1n) is 11.2. The van der Waals surface area contributed by atoms with E-state index in [0.717, 1.165) is 13.0 Å². The van der Waals surface area contributed by atoms with Crippen molar-refractivity contribution in [2.75, 3.05) is 30.4 Å². The molecule has 0 aliphatic carbocycles. The van der Waals surface area contributed by atoms with Gasteiger partial charge in [0.05, 0.1) is 40.3 Å². The van der Waals surface area contributed by atoms with Gasteiger partial charge in [-0.1, -0.05) is 24.6 Å². The summed E-state index contributed by atoms with van der Waals surface area (Å²) in [6, 6.07) is 7.26. The summed E-state index contributed by atoms with van der Waals surface area (Å²) in [7, 11) is 1.28. The first-order chi connectivity index (χ1) is 16.7. The summed E-state index contributed by atoms with van der Waals surface area (Å²) in [5.41, 5.74) is 5.39. The predicted octanol–water partition coefficient (Wildman–Crippen LogP) is 4.75. The molecule has 2 heterocycles. The molecule has 2 aromatic rings. The lowest BCUT2D eigenvalue weighted by molar-refractivity contribution is -0.112. The van der Waals surface area contributed by atoms with Gasteiger partial charge in [-0.05, 0) is 43.2 Å². The van der Waals surface area contributed by atoms with Crippen molar-refractivity contribution in [1.29, 1.82) is 0 Å². The van der Waals surface area contributed by atoms with Crippen LogP contribution in [-0.2, 0) is 4.79 Å². The number of fused-ring (bicyclic) bond motifs is 2. The fourth-order valence-electron chi connectivity index (χ4n) is 4.60. The number of carbonyl (C=O) groups is 1. The average Bonchev–Trinajstić information content (AvgIpc) is 3.47. The zero-order valence-electron chi connectivity index (χ0n) is 19.3. The maximum Gasteiger partial charge on any atom is 0.258 e. The van der Waals surface area contributed by atoms with E-state index >= 15 is 4.39 Å². The average molecular weight is 507 g/mol. The van der Waals surface area contributed by atoms with E-state index in [1.54, 1.807) is 13.0 Å². The quantitative estimate of drug-likeness (QED) is 0.373. The fourth-order valence-corrected chi connectivity index (χ4v) is 4.76. The number of ether oxygens (including phenoxy) is 1. The SMILES string of the molecule is CC/C=C(C(=O)Nc1cc(F)ccc1N1CC2CC1CN2)\C(F)=C(/N)c1c(OC)ccc(Cl)c1F. The second kappa shape index (κ2) is 10.2. The number of nitrogens with zero attached hydrogens (tertiary/aromatic N) is 1. The number of rotatable bonds is 7. The van der Waals surface area contributed by atoms with Crippen molar-refractivity contribution >= 4 is 34.6 Å². The summed E-state index contributed by atoms with van der Waals surface area (Å²) < 4.78 is 49.6. The Morgan fingerprint density at radius 1 is 1.34 bits per heavy atom. The number of halogens is 4. The van der Waals surface area contributed by atoms with Gasteiger partial charge < -0.3 is 26.0 Å². The molecule has 2 fully saturated rings. The van der Waals surface area contributed by atoms with Crippen LogP contribution in [0.15, 0.2) is 47.8 Å². The molecule has 2 aromatic carbocycles. The lowest BCUT2D eigenvalue weighted by Crippen LogP contribution is -2.44. The number of nitrogens with two attached hydrogens (primary N) is 1. The molecule has 6 nitrogen and oxygen atoms in total. The van der Waals surface area contributed by atoms with Gasteiger partial charge in [0.1, 0.15) is 11.6 Å². The van der Waals surface area contributed by atoms with Crippen molar-refractivity contribution in [2.24, 2.45) is 5.73 Å². The summed E-state index contributed by atoms with van der Waals surface area (Å²) in [4.78, 5) is 15.3. The lowest BCUT2D eigenvalue weighted by atomic mass is 10.0. The number of amides is 1. The molecule has 1 amide bonds. The number of hydrogen-bond acceptors (Lipinski definition) is 5. The molecule has 2 bridgehead atoms. The third-order valence-corrected chi connectivity index (χ3v) is 6.54. The zero-order chi connectivity index (χ0) is 25.3. The van der Waals surface area contributed by atoms with Crippen LogP contribution in [0.3, 0.4) is 0 Å². The largest absolute Gasteiger partial charge is 0.496 e. The molecule has 0 spiro atoms. The van der Waals surface area contributed by atoms with Crippen molar-refractivity contribution in [1.82, 2.24) is 5.32 Å². The van der Waals surface area contributed by atoms with Crippen molar-refractivity contribution in [3.8, 4) is 5.75 Å². The van der Waals surface area contributed by atoms with E-state index in [0.29, 0.717) is 18.3 Å². The van der Waals surface area contributed by atoms with E-state index < -0.39 is 34.6 Å². The minimum Gasteiger partial charge on any atom is -0.496 e. The van der Waals surface area contributed by atoms with E-state index in [2.05, 4.69) is 15.5 Å². The van der Waals surface area contributed by atoms with Gasteiger partial charge in [-0.25, -0.2) is 13.2 Å². The van der Waals surface area contributed by atoms with Crippen LogP contribution in [-0.4, -0.2) is 38.2 Å². The number of hydrogen-bond donors (Lipinski definition) is 3. The van der Waals surface area contributed by atoms with Gasteiger partial charge in [-0.2, -0.15) is 0 Å². The topological polar surface area (TPSA) is 79.6 Å². The highest BCUT2D eigenvalue weighted by molar-refractivity contribution is 6.31. The second-order valence-electron chi connectivity index (χ2n) is 8.45. The molecule has 2 atom stereocenters. The number of nitrogens with one attached hydrogen (secondary N) is 2. The molecule has 2 aliphatic rings. The highest BCUT2D eigenvalue weighted by Crippen LogP contribution is 2.37. The van der Waals surface area contributed by atoms with Gasteiger partial charge in [-0.15, -0.1) is 0 Å². The molecule has 4 rings (SSSR count). The number of benzene rings is 2. The molecule has 186 valence electrons. The highest BCUT2D eigenvalue weighted by atomic mass is 35.5. The van der Waals surface area contributed by atoms with Crippen LogP contribution >= 0.6 is 11.6 Å². The van der Waals surface area contributed by atoms with Crippen molar-refractivity contribution in [3.63, 3.8) is 0 Å². The Morgan fingerprint density at radius 2 is 2.11 bits per heavy atom. The Balaban J connectivity index is 1.69. The minimum absolute atomic E-state index is 0.0408. The first kappa shape index (κ1) is 24.9.